The standard InChI is InChI=1S/C53H41N/c1-53(2)49-29-17-16-28-47(49)51-48(35-38-22-12-13-25-43(38)52(51)53)45-30-31-50(46-27-15-14-26-44(45)46)54(41-23-10-5-11-24-41)42-33-39(36-18-6-3-7-19-36)32-40(34-42)37-20-8-4-9-21-37/h3-15,17-27,29-35H,16,28H2,1-2H3. The van der Waals surface area contributed by atoms with Crippen molar-refractivity contribution in [3.63, 3.8) is 0 Å². The average Bonchev–Trinajstić information content (AvgIpc) is 3.48. The molecule has 0 fully saturated rings. The molecule has 0 aromatic heterocycles. The van der Waals surface area contributed by atoms with Gasteiger partial charge >= 0.3 is 0 Å². The van der Waals surface area contributed by atoms with E-state index in [1.165, 1.54) is 77.2 Å². The largest absolute Gasteiger partial charge is 0.310 e. The summed E-state index contributed by atoms with van der Waals surface area (Å²) in [5.41, 5.74) is 16.6. The highest BCUT2D eigenvalue weighted by molar-refractivity contribution is 6.11. The van der Waals surface area contributed by atoms with E-state index >= 15 is 0 Å². The van der Waals surface area contributed by atoms with Gasteiger partial charge in [-0.25, -0.2) is 0 Å². The van der Waals surface area contributed by atoms with Crippen molar-refractivity contribution in [3.05, 3.63) is 205 Å². The lowest BCUT2D eigenvalue weighted by molar-refractivity contribution is 0.657. The number of hydrogen-bond acceptors (Lipinski definition) is 1. The van der Waals surface area contributed by atoms with Crippen molar-refractivity contribution >= 4 is 44.2 Å². The molecule has 0 bridgehead atoms. The van der Waals surface area contributed by atoms with Gasteiger partial charge in [0.25, 0.3) is 0 Å². The molecule has 0 spiro atoms. The van der Waals surface area contributed by atoms with Crippen LogP contribution in [0.15, 0.2) is 194 Å². The zero-order chi connectivity index (χ0) is 36.2. The molecule has 0 aliphatic heterocycles. The lowest BCUT2D eigenvalue weighted by Crippen LogP contribution is -2.17. The van der Waals surface area contributed by atoms with E-state index in [9.17, 15) is 0 Å². The van der Waals surface area contributed by atoms with Gasteiger partial charge in [0.05, 0.1) is 5.69 Å². The molecule has 0 radical (unpaired) electrons. The van der Waals surface area contributed by atoms with E-state index in [0.717, 1.165) is 29.9 Å². The van der Waals surface area contributed by atoms with Gasteiger partial charge in [0, 0.05) is 22.2 Å². The molecule has 8 aromatic rings. The highest BCUT2D eigenvalue weighted by Gasteiger charge is 2.40. The van der Waals surface area contributed by atoms with Crippen LogP contribution in [0.5, 0.6) is 0 Å². The third kappa shape index (κ3) is 5.23. The molecule has 54 heavy (non-hydrogen) atoms. The Morgan fingerprint density at radius 2 is 1.07 bits per heavy atom. The van der Waals surface area contributed by atoms with Crippen LogP contribution in [-0.4, -0.2) is 0 Å². The summed E-state index contributed by atoms with van der Waals surface area (Å²) in [4.78, 5) is 2.45. The molecule has 0 unspecified atom stereocenters. The third-order valence-electron chi connectivity index (χ3n) is 11.7. The zero-order valence-electron chi connectivity index (χ0n) is 30.8. The predicted octanol–water partition coefficient (Wildman–Crippen LogP) is 14.9. The Kier molecular flexibility index (Phi) is 7.70. The topological polar surface area (TPSA) is 3.24 Å². The number of para-hydroxylation sites is 1. The summed E-state index contributed by atoms with van der Waals surface area (Å²) in [6, 6.07) is 64.6. The second-order valence-corrected chi connectivity index (χ2v) is 15.2. The van der Waals surface area contributed by atoms with Crippen LogP contribution < -0.4 is 4.90 Å². The fraction of sp³-hybridized carbons (Fsp3) is 0.0943. The molecule has 1 heteroatoms. The van der Waals surface area contributed by atoms with Gasteiger partial charge < -0.3 is 4.90 Å². The number of anilines is 3. The maximum atomic E-state index is 2.46. The van der Waals surface area contributed by atoms with Gasteiger partial charge in [-0.2, -0.15) is 0 Å². The highest BCUT2D eigenvalue weighted by atomic mass is 15.1. The van der Waals surface area contributed by atoms with E-state index < -0.39 is 0 Å². The molecular weight excluding hydrogens is 651 g/mol. The van der Waals surface area contributed by atoms with Crippen molar-refractivity contribution in [3.8, 4) is 33.4 Å². The first kappa shape index (κ1) is 32.2. The fourth-order valence-corrected chi connectivity index (χ4v) is 9.22. The van der Waals surface area contributed by atoms with Crippen LogP contribution >= 0.6 is 0 Å². The molecule has 2 aliphatic rings. The monoisotopic (exact) mass is 691 g/mol. The Hall–Kier alpha value is -6.44. The summed E-state index contributed by atoms with van der Waals surface area (Å²) in [6.07, 6.45) is 6.93. The molecule has 10 rings (SSSR count). The molecule has 0 N–H and O–H groups in total. The Balaban J connectivity index is 1.24. The zero-order valence-corrected chi connectivity index (χ0v) is 30.8. The molecular formula is C53H41N. The molecule has 8 aromatic carbocycles. The summed E-state index contributed by atoms with van der Waals surface area (Å²) in [6.45, 7) is 4.85. The van der Waals surface area contributed by atoms with Gasteiger partial charge in [-0.05, 0) is 127 Å². The van der Waals surface area contributed by atoms with Crippen molar-refractivity contribution in [2.24, 2.45) is 0 Å². The minimum Gasteiger partial charge on any atom is -0.310 e. The van der Waals surface area contributed by atoms with Crippen LogP contribution in [0.25, 0.3) is 60.5 Å². The number of benzene rings is 8. The molecule has 258 valence electrons. The van der Waals surface area contributed by atoms with Crippen molar-refractivity contribution in [1.82, 2.24) is 0 Å². The Morgan fingerprint density at radius 3 is 1.76 bits per heavy atom. The highest BCUT2D eigenvalue weighted by Crippen LogP contribution is 2.56. The molecule has 2 aliphatic carbocycles. The number of hydrogen-bond donors (Lipinski definition) is 0. The van der Waals surface area contributed by atoms with Crippen LogP contribution in [0.3, 0.4) is 0 Å². The lowest BCUT2D eigenvalue weighted by Gasteiger charge is -2.29. The van der Waals surface area contributed by atoms with Crippen molar-refractivity contribution in [2.75, 3.05) is 4.90 Å². The third-order valence-corrected chi connectivity index (χ3v) is 11.7. The van der Waals surface area contributed by atoms with Crippen molar-refractivity contribution in [2.45, 2.75) is 32.1 Å². The number of allylic oxidation sites excluding steroid dienone is 4. The van der Waals surface area contributed by atoms with Crippen LogP contribution in [0.4, 0.5) is 17.1 Å². The number of fused-ring (bicyclic) bond motifs is 5. The maximum absolute atomic E-state index is 2.46. The summed E-state index contributed by atoms with van der Waals surface area (Å²) in [5, 5.41) is 5.15. The lowest BCUT2D eigenvalue weighted by atomic mass is 9.77. The van der Waals surface area contributed by atoms with Crippen LogP contribution in [0.1, 0.15) is 37.8 Å². The van der Waals surface area contributed by atoms with Crippen LogP contribution in [-0.2, 0) is 5.41 Å². The Labute approximate surface area is 318 Å². The molecule has 0 heterocycles. The summed E-state index contributed by atoms with van der Waals surface area (Å²) >= 11 is 0. The first-order chi connectivity index (χ1) is 26.6. The van der Waals surface area contributed by atoms with Gasteiger partial charge in [0.2, 0.25) is 0 Å². The van der Waals surface area contributed by atoms with E-state index in [1.807, 2.05) is 0 Å². The number of nitrogens with zero attached hydrogens (tertiary/aromatic N) is 1. The minimum atomic E-state index is -0.0721. The van der Waals surface area contributed by atoms with Gasteiger partial charge in [-0.1, -0.05) is 159 Å². The first-order valence-electron chi connectivity index (χ1n) is 19.2. The first-order valence-corrected chi connectivity index (χ1v) is 19.2. The SMILES string of the molecule is CC1(C)C2=C(CCC=C2)c2c(-c3ccc(N(c4ccccc4)c4cc(-c5ccccc5)cc(-c5ccccc5)c4)c4ccccc34)cc3ccccc3c21. The molecule has 1 nitrogen and oxygen atoms in total. The summed E-state index contributed by atoms with van der Waals surface area (Å²) in [5.74, 6) is 0. The van der Waals surface area contributed by atoms with Gasteiger partial charge in [-0.15, -0.1) is 0 Å². The Morgan fingerprint density at radius 1 is 0.481 bits per heavy atom. The molecule has 0 atom stereocenters. The van der Waals surface area contributed by atoms with E-state index in [0.29, 0.717) is 0 Å². The van der Waals surface area contributed by atoms with Crippen molar-refractivity contribution in [1.29, 1.82) is 0 Å². The van der Waals surface area contributed by atoms with E-state index in [-0.39, 0.29) is 5.41 Å². The fourth-order valence-electron chi connectivity index (χ4n) is 9.22. The predicted molar refractivity (Wildman–Crippen MR) is 231 cm³/mol. The normalized spacial score (nSPS) is 14.3. The van der Waals surface area contributed by atoms with Gasteiger partial charge in [0.1, 0.15) is 0 Å². The summed E-state index contributed by atoms with van der Waals surface area (Å²) < 4.78 is 0. The summed E-state index contributed by atoms with van der Waals surface area (Å²) in [7, 11) is 0. The molecule has 0 saturated heterocycles. The second kappa shape index (κ2) is 12.9. The smallest absolute Gasteiger partial charge is 0.0540 e. The van der Waals surface area contributed by atoms with E-state index in [1.54, 1.807) is 0 Å². The Bertz CT molecular complexity index is 2710. The maximum Gasteiger partial charge on any atom is 0.0540 e. The van der Waals surface area contributed by atoms with Crippen LogP contribution in [0.2, 0.25) is 0 Å². The molecule has 0 saturated carbocycles. The van der Waals surface area contributed by atoms with Crippen LogP contribution in [0, 0.1) is 0 Å². The molecule has 0 amide bonds. The second-order valence-electron chi connectivity index (χ2n) is 15.2. The van der Waals surface area contributed by atoms with Gasteiger partial charge in [0.15, 0.2) is 0 Å². The minimum absolute atomic E-state index is 0.0721. The average molecular weight is 692 g/mol. The van der Waals surface area contributed by atoms with E-state index in [2.05, 4.69) is 207 Å². The van der Waals surface area contributed by atoms with E-state index in [4.69, 9.17) is 0 Å². The van der Waals surface area contributed by atoms with Crippen molar-refractivity contribution < 1.29 is 0 Å². The number of rotatable bonds is 6. The van der Waals surface area contributed by atoms with Gasteiger partial charge in [-0.3, -0.25) is 0 Å². The quantitative estimate of drug-likeness (QED) is 0.168.